The van der Waals surface area contributed by atoms with Gasteiger partial charge in [0.05, 0.1) is 18.2 Å². The Kier molecular flexibility index (Phi) is 10.5. The maximum atomic E-state index is 12.5. The number of carbonyl (C=O) groups excluding carboxylic acids is 3. The first kappa shape index (κ1) is 28.4. The van der Waals surface area contributed by atoms with Gasteiger partial charge >= 0.3 is 11.9 Å². The zero-order chi connectivity index (χ0) is 26.8. The number of esters is 1. The van der Waals surface area contributed by atoms with Crippen LogP contribution in [-0.2, 0) is 14.3 Å². The molecular weight excluding hydrogens is 476 g/mol. The molecule has 1 heterocycles. The Hall–Kier alpha value is -3.84. The van der Waals surface area contributed by atoms with Gasteiger partial charge in [0.2, 0.25) is 5.78 Å². The molecule has 1 aliphatic carbocycles. The van der Waals surface area contributed by atoms with E-state index in [9.17, 15) is 24.3 Å². The average molecular weight is 504 g/mol. The Morgan fingerprint density at radius 2 is 1.69 bits per heavy atom. The van der Waals surface area contributed by atoms with E-state index >= 15 is 0 Å². The maximum Gasteiger partial charge on any atom is 0.334 e. The number of hydrogen-bond donors (Lipinski definition) is 6. The molecule has 0 bridgehead atoms. The highest BCUT2D eigenvalue weighted by atomic mass is 16.5. The van der Waals surface area contributed by atoms with Crippen LogP contribution in [0.1, 0.15) is 57.1 Å². The van der Waals surface area contributed by atoms with Crippen molar-refractivity contribution in [2.24, 2.45) is 11.5 Å². The Balaban J connectivity index is 0.000000388. The van der Waals surface area contributed by atoms with Gasteiger partial charge in [-0.1, -0.05) is 30.7 Å². The molecule has 12 heteroatoms. The first-order valence-corrected chi connectivity index (χ1v) is 11.0. The maximum absolute atomic E-state index is 12.5. The molecule has 1 unspecified atom stereocenters. The summed E-state index contributed by atoms with van der Waals surface area (Å²) in [5.74, 6) is -3.96. The summed E-state index contributed by atoms with van der Waals surface area (Å²) in [5.41, 5.74) is 10.8. The van der Waals surface area contributed by atoms with Gasteiger partial charge in [0, 0.05) is 11.1 Å². The number of rotatable bonds is 10. The number of ketones is 2. The Labute approximate surface area is 205 Å². The predicted molar refractivity (Wildman–Crippen MR) is 125 cm³/mol. The minimum atomic E-state index is -1.24. The fourth-order valence-electron chi connectivity index (χ4n) is 3.09. The van der Waals surface area contributed by atoms with Crippen molar-refractivity contribution in [1.82, 2.24) is 0 Å². The number of ether oxygens (including phenoxy) is 1. The highest BCUT2D eigenvalue weighted by Crippen LogP contribution is 2.31. The van der Waals surface area contributed by atoms with Gasteiger partial charge in [-0.15, -0.1) is 0 Å². The molecule has 12 nitrogen and oxygen atoms in total. The lowest BCUT2D eigenvalue weighted by Crippen LogP contribution is -2.29. The second-order valence-corrected chi connectivity index (χ2v) is 7.78. The number of nitrogens with two attached hydrogens (primary N) is 2. The number of carboxylic acid groups (broad SMARTS) is 1. The third-order valence-corrected chi connectivity index (χ3v) is 5.02. The lowest BCUT2D eigenvalue weighted by atomic mass is 9.88. The van der Waals surface area contributed by atoms with Crippen LogP contribution in [-0.4, -0.2) is 75.8 Å². The fraction of sp³-hybridized carbons (Fsp3) is 0.333. The second-order valence-electron chi connectivity index (χ2n) is 7.78. The number of carboxylic acids is 1. The van der Waals surface area contributed by atoms with Gasteiger partial charge in [-0.2, -0.15) is 0 Å². The summed E-state index contributed by atoms with van der Waals surface area (Å²) in [4.78, 5) is 46.6. The lowest BCUT2D eigenvalue weighted by molar-refractivity contribution is -0.141. The number of furan rings is 1. The molecule has 8 N–H and O–H groups in total. The van der Waals surface area contributed by atoms with Crippen LogP contribution in [0, 0.1) is 0 Å². The first-order valence-electron chi connectivity index (χ1n) is 11.0. The predicted octanol–water partition coefficient (Wildman–Crippen LogP) is 0.378. The molecule has 2 aromatic rings. The molecule has 0 spiro atoms. The summed E-state index contributed by atoms with van der Waals surface area (Å²) in [6, 6.07) is 6.72. The van der Waals surface area contributed by atoms with E-state index in [0.29, 0.717) is 19.0 Å². The van der Waals surface area contributed by atoms with E-state index in [1.54, 1.807) is 12.1 Å². The van der Waals surface area contributed by atoms with Gasteiger partial charge in [-0.25, -0.2) is 4.79 Å². The van der Waals surface area contributed by atoms with Gasteiger partial charge in [0.15, 0.2) is 23.1 Å². The minimum Gasteiger partial charge on any atom is -0.504 e. The summed E-state index contributed by atoms with van der Waals surface area (Å²) in [7, 11) is 0. The SMILES string of the molecule is NCCCC[C@H](N)C(=O)O.O=C(/C=C(\O)c1cc2c(o1)C(=O)c1ccccc1C2=O)OCC(O)CO. The molecule has 3 rings (SSSR count). The molecule has 0 radical (unpaired) electrons. The number of carbonyl (C=O) groups is 4. The molecule has 1 aliphatic rings. The minimum absolute atomic E-state index is 0.00674. The molecule has 0 amide bonds. The van der Waals surface area contributed by atoms with Crippen molar-refractivity contribution in [3.8, 4) is 0 Å². The van der Waals surface area contributed by atoms with Crippen molar-refractivity contribution in [1.29, 1.82) is 0 Å². The van der Waals surface area contributed by atoms with Crippen LogP contribution in [0.5, 0.6) is 0 Å². The molecule has 1 aromatic carbocycles. The number of hydrogen-bond acceptors (Lipinski definition) is 11. The van der Waals surface area contributed by atoms with Crippen LogP contribution < -0.4 is 11.5 Å². The first-order chi connectivity index (χ1) is 17.1. The van der Waals surface area contributed by atoms with Crippen LogP contribution in [0.15, 0.2) is 40.8 Å². The van der Waals surface area contributed by atoms with Crippen LogP contribution in [0.4, 0.5) is 0 Å². The highest BCUT2D eigenvalue weighted by molar-refractivity contribution is 6.27. The van der Waals surface area contributed by atoms with Crippen molar-refractivity contribution >= 4 is 29.3 Å². The summed E-state index contributed by atoms with van der Waals surface area (Å²) in [6.45, 7) is -0.439. The van der Waals surface area contributed by atoms with Crippen molar-refractivity contribution in [3.63, 3.8) is 0 Å². The Morgan fingerprint density at radius 3 is 2.28 bits per heavy atom. The third kappa shape index (κ3) is 7.33. The standard InChI is InChI=1S/C18H14O8.C6H14N2O2/c19-7-9(20)8-25-15(22)6-13(21)14-5-12-16(23)10-3-1-2-4-11(10)17(24)18(12)26-14;7-4-2-1-3-5(8)6(9)10/h1-6,9,19-21H,7-8H2;5H,1-4,7-8H2,(H,9,10)/b13-6-;/t;5-/m.0/s1. The summed E-state index contributed by atoms with van der Waals surface area (Å²) < 4.78 is 9.89. The van der Waals surface area contributed by atoms with Crippen LogP contribution >= 0.6 is 0 Å². The summed E-state index contributed by atoms with van der Waals surface area (Å²) >= 11 is 0. The normalized spacial score (nSPS) is 14.2. The largest absolute Gasteiger partial charge is 0.504 e. The highest BCUT2D eigenvalue weighted by Gasteiger charge is 2.34. The van der Waals surface area contributed by atoms with E-state index < -0.39 is 54.6 Å². The summed E-state index contributed by atoms with van der Waals surface area (Å²) in [5, 5.41) is 36.1. The molecule has 0 aliphatic heterocycles. The van der Waals surface area contributed by atoms with Crippen LogP contribution in [0.25, 0.3) is 5.76 Å². The molecule has 0 saturated heterocycles. The fourth-order valence-corrected chi connectivity index (χ4v) is 3.09. The average Bonchev–Trinajstić information content (AvgIpc) is 3.32. The monoisotopic (exact) mass is 504 g/mol. The molecule has 36 heavy (non-hydrogen) atoms. The van der Waals surface area contributed by atoms with Crippen molar-refractivity contribution in [2.75, 3.05) is 19.8 Å². The third-order valence-electron chi connectivity index (χ3n) is 5.02. The molecule has 0 saturated carbocycles. The zero-order valence-corrected chi connectivity index (χ0v) is 19.3. The van der Waals surface area contributed by atoms with Crippen molar-refractivity contribution < 1.29 is 48.8 Å². The number of unbranched alkanes of at least 4 members (excludes halogenated alkanes) is 1. The van der Waals surface area contributed by atoms with Gasteiger partial charge in [-0.05, 0) is 25.5 Å². The molecular formula is C24H28N2O10. The van der Waals surface area contributed by atoms with Gasteiger partial charge in [-0.3, -0.25) is 14.4 Å². The van der Waals surface area contributed by atoms with E-state index in [4.69, 9.17) is 31.2 Å². The van der Waals surface area contributed by atoms with E-state index in [1.165, 1.54) is 18.2 Å². The van der Waals surface area contributed by atoms with E-state index in [0.717, 1.165) is 12.8 Å². The number of aliphatic hydroxyl groups is 3. The number of benzene rings is 1. The quantitative estimate of drug-likeness (QED) is 0.0953. The molecule has 194 valence electrons. The van der Waals surface area contributed by atoms with Crippen molar-refractivity contribution in [2.45, 2.75) is 31.4 Å². The Morgan fingerprint density at radius 1 is 1.06 bits per heavy atom. The Bertz CT molecular complexity index is 1090. The second kappa shape index (κ2) is 13.3. The van der Waals surface area contributed by atoms with E-state index in [2.05, 4.69) is 4.74 Å². The smallest absolute Gasteiger partial charge is 0.334 e. The topological polar surface area (TPSA) is 224 Å². The van der Waals surface area contributed by atoms with Gasteiger partial charge in [0.1, 0.15) is 18.8 Å². The number of aliphatic carboxylic acids is 1. The zero-order valence-electron chi connectivity index (χ0n) is 19.3. The van der Waals surface area contributed by atoms with E-state index in [1.807, 2.05) is 0 Å². The molecule has 1 aromatic heterocycles. The number of fused-ring (bicyclic) bond motifs is 2. The van der Waals surface area contributed by atoms with Crippen molar-refractivity contribution in [3.05, 3.63) is 64.6 Å². The molecule has 2 atom stereocenters. The lowest BCUT2D eigenvalue weighted by Gasteiger charge is -2.11. The summed E-state index contributed by atoms with van der Waals surface area (Å²) in [6.07, 6.45) is 1.60. The van der Waals surface area contributed by atoms with Gasteiger partial charge < -0.3 is 41.0 Å². The molecule has 0 fully saturated rings. The van der Waals surface area contributed by atoms with Crippen LogP contribution in [0.2, 0.25) is 0 Å². The van der Waals surface area contributed by atoms with Gasteiger partial charge in [0.25, 0.3) is 0 Å². The van der Waals surface area contributed by atoms with Crippen LogP contribution in [0.3, 0.4) is 0 Å². The number of aliphatic hydroxyl groups excluding tert-OH is 3. The van der Waals surface area contributed by atoms with E-state index in [-0.39, 0.29) is 28.2 Å².